The lowest BCUT2D eigenvalue weighted by Crippen LogP contribution is -2.31. The van der Waals surface area contributed by atoms with Crippen molar-refractivity contribution in [3.63, 3.8) is 0 Å². The molecule has 0 spiro atoms. The fourth-order valence-corrected chi connectivity index (χ4v) is 2.44. The average Bonchev–Trinajstić information content (AvgIpc) is 2.46. The van der Waals surface area contributed by atoms with E-state index in [1.807, 2.05) is 6.07 Å². The Morgan fingerprint density at radius 1 is 1.26 bits per heavy atom. The van der Waals surface area contributed by atoms with E-state index in [4.69, 9.17) is 5.26 Å². The summed E-state index contributed by atoms with van der Waals surface area (Å²) in [6.07, 6.45) is 4.22. The fourth-order valence-electron chi connectivity index (χ4n) is 2.44. The second-order valence-electron chi connectivity index (χ2n) is 4.82. The summed E-state index contributed by atoms with van der Waals surface area (Å²) >= 11 is 0. The van der Waals surface area contributed by atoms with Gasteiger partial charge in [0.1, 0.15) is 11.9 Å². The Hall–Kier alpha value is -2.41. The minimum absolute atomic E-state index is 0.368. The van der Waals surface area contributed by atoms with Gasteiger partial charge in [0.05, 0.1) is 12.4 Å². The van der Waals surface area contributed by atoms with E-state index in [-0.39, 0.29) is 0 Å². The van der Waals surface area contributed by atoms with Crippen LogP contribution in [0.5, 0.6) is 0 Å². The van der Waals surface area contributed by atoms with E-state index in [0.717, 1.165) is 25.3 Å². The molecule has 1 aromatic carbocycles. The monoisotopic (exact) mass is 250 g/mol. The number of aryl methyl sites for hydroxylation is 1. The van der Waals surface area contributed by atoms with E-state index >= 15 is 0 Å². The number of benzene rings is 1. The zero-order valence-electron chi connectivity index (χ0n) is 10.8. The standard InChI is InChI=1S/C15H14N4/c1-11-2-3-12-4-5-19(10-13(12)6-11)15-9-17-8-14(7-16)18-15/h2-3,6,8-9H,4-5,10H2,1H3. The highest BCUT2D eigenvalue weighted by molar-refractivity contribution is 5.44. The van der Waals surface area contributed by atoms with Crippen molar-refractivity contribution >= 4 is 5.82 Å². The zero-order chi connectivity index (χ0) is 13.2. The number of rotatable bonds is 1. The minimum atomic E-state index is 0.368. The Kier molecular flexibility index (Phi) is 2.88. The third kappa shape index (κ3) is 2.27. The predicted octanol–water partition coefficient (Wildman–Crippen LogP) is 2.22. The quantitative estimate of drug-likeness (QED) is 0.778. The van der Waals surface area contributed by atoms with Gasteiger partial charge in [0.25, 0.3) is 0 Å². The maximum absolute atomic E-state index is 8.88. The number of nitrogens with zero attached hydrogens (tertiary/aromatic N) is 4. The molecule has 0 fully saturated rings. The van der Waals surface area contributed by atoms with Gasteiger partial charge in [0, 0.05) is 13.1 Å². The number of hydrogen-bond acceptors (Lipinski definition) is 4. The lowest BCUT2D eigenvalue weighted by atomic mass is 9.98. The fraction of sp³-hybridized carbons (Fsp3) is 0.267. The van der Waals surface area contributed by atoms with Crippen LogP contribution < -0.4 is 4.90 Å². The maximum atomic E-state index is 8.88. The first-order valence-corrected chi connectivity index (χ1v) is 6.32. The van der Waals surface area contributed by atoms with Crippen molar-refractivity contribution in [3.05, 3.63) is 53.0 Å². The molecule has 2 heterocycles. The van der Waals surface area contributed by atoms with E-state index in [9.17, 15) is 0 Å². The molecular formula is C15H14N4. The molecule has 0 saturated carbocycles. The largest absolute Gasteiger partial charge is 0.351 e. The summed E-state index contributed by atoms with van der Waals surface area (Å²) < 4.78 is 0. The number of aromatic nitrogens is 2. The smallest absolute Gasteiger partial charge is 0.161 e. The van der Waals surface area contributed by atoms with Crippen molar-refractivity contribution in [2.45, 2.75) is 19.9 Å². The Morgan fingerprint density at radius 3 is 3.00 bits per heavy atom. The summed E-state index contributed by atoms with van der Waals surface area (Å²) in [5, 5.41) is 8.88. The van der Waals surface area contributed by atoms with E-state index in [2.05, 4.69) is 40.0 Å². The maximum Gasteiger partial charge on any atom is 0.161 e. The molecule has 1 aliphatic rings. The number of nitriles is 1. The van der Waals surface area contributed by atoms with E-state index in [0.29, 0.717) is 5.69 Å². The molecule has 1 aromatic heterocycles. The SMILES string of the molecule is Cc1ccc2c(c1)CN(c1cncc(C#N)n1)CC2. The highest BCUT2D eigenvalue weighted by Crippen LogP contribution is 2.23. The van der Waals surface area contributed by atoms with Crippen LogP contribution in [0.2, 0.25) is 0 Å². The summed E-state index contributed by atoms with van der Waals surface area (Å²) in [6, 6.07) is 8.62. The first kappa shape index (κ1) is 11.7. The summed E-state index contributed by atoms with van der Waals surface area (Å²) in [5.41, 5.74) is 4.40. The highest BCUT2D eigenvalue weighted by Gasteiger charge is 2.17. The molecule has 0 N–H and O–H groups in total. The van der Waals surface area contributed by atoms with Crippen LogP contribution in [0.4, 0.5) is 5.82 Å². The minimum Gasteiger partial charge on any atom is -0.351 e. The Morgan fingerprint density at radius 2 is 2.16 bits per heavy atom. The van der Waals surface area contributed by atoms with Gasteiger partial charge >= 0.3 is 0 Å². The lowest BCUT2D eigenvalue weighted by Gasteiger charge is -2.29. The van der Waals surface area contributed by atoms with Gasteiger partial charge in [-0.05, 0) is 24.5 Å². The summed E-state index contributed by atoms with van der Waals surface area (Å²) in [7, 11) is 0. The van der Waals surface area contributed by atoms with Crippen molar-refractivity contribution in [1.82, 2.24) is 9.97 Å². The van der Waals surface area contributed by atoms with Crippen molar-refractivity contribution in [2.24, 2.45) is 0 Å². The number of anilines is 1. The Balaban J connectivity index is 1.91. The van der Waals surface area contributed by atoms with E-state index in [1.165, 1.54) is 22.9 Å². The van der Waals surface area contributed by atoms with Crippen LogP contribution in [-0.4, -0.2) is 16.5 Å². The van der Waals surface area contributed by atoms with E-state index in [1.54, 1.807) is 6.20 Å². The Bertz CT molecular complexity index is 657. The first-order chi connectivity index (χ1) is 9.26. The lowest BCUT2D eigenvalue weighted by molar-refractivity contribution is 0.717. The Labute approximate surface area is 112 Å². The van der Waals surface area contributed by atoms with Gasteiger partial charge in [-0.3, -0.25) is 4.98 Å². The number of hydrogen-bond donors (Lipinski definition) is 0. The topological polar surface area (TPSA) is 52.8 Å². The molecule has 0 bridgehead atoms. The second kappa shape index (κ2) is 4.69. The molecule has 0 unspecified atom stereocenters. The van der Waals surface area contributed by atoms with Crippen molar-refractivity contribution in [1.29, 1.82) is 5.26 Å². The van der Waals surface area contributed by atoms with Crippen molar-refractivity contribution < 1.29 is 0 Å². The molecular weight excluding hydrogens is 236 g/mol. The molecule has 0 atom stereocenters. The summed E-state index contributed by atoms with van der Waals surface area (Å²) in [4.78, 5) is 10.6. The van der Waals surface area contributed by atoms with Crippen molar-refractivity contribution in [2.75, 3.05) is 11.4 Å². The molecule has 0 aliphatic carbocycles. The van der Waals surface area contributed by atoms with Gasteiger partial charge in [-0.15, -0.1) is 0 Å². The normalized spacial score (nSPS) is 13.8. The first-order valence-electron chi connectivity index (χ1n) is 6.32. The van der Waals surface area contributed by atoms with Crippen LogP contribution in [0, 0.1) is 18.3 Å². The van der Waals surface area contributed by atoms with Crippen molar-refractivity contribution in [3.8, 4) is 6.07 Å². The van der Waals surface area contributed by atoms with Gasteiger partial charge in [0.15, 0.2) is 5.69 Å². The number of fused-ring (bicyclic) bond motifs is 1. The van der Waals surface area contributed by atoms with Crippen LogP contribution >= 0.6 is 0 Å². The summed E-state index contributed by atoms with van der Waals surface area (Å²) in [5.74, 6) is 0.784. The third-order valence-electron chi connectivity index (χ3n) is 3.43. The average molecular weight is 250 g/mol. The molecule has 0 amide bonds. The molecule has 19 heavy (non-hydrogen) atoms. The van der Waals surface area contributed by atoms with Gasteiger partial charge in [-0.25, -0.2) is 4.98 Å². The van der Waals surface area contributed by atoms with Crippen LogP contribution in [0.1, 0.15) is 22.4 Å². The summed E-state index contributed by atoms with van der Waals surface area (Å²) in [6.45, 7) is 3.86. The van der Waals surface area contributed by atoms with Crippen LogP contribution in [-0.2, 0) is 13.0 Å². The molecule has 4 heteroatoms. The molecule has 2 aromatic rings. The third-order valence-corrected chi connectivity index (χ3v) is 3.43. The van der Waals surface area contributed by atoms with Gasteiger partial charge in [-0.2, -0.15) is 5.26 Å². The van der Waals surface area contributed by atoms with Crippen LogP contribution in [0.15, 0.2) is 30.6 Å². The van der Waals surface area contributed by atoms with Gasteiger partial charge in [-0.1, -0.05) is 23.8 Å². The highest BCUT2D eigenvalue weighted by atomic mass is 15.2. The second-order valence-corrected chi connectivity index (χ2v) is 4.82. The van der Waals surface area contributed by atoms with Gasteiger partial charge in [0.2, 0.25) is 0 Å². The molecule has 94 valence electrons. The molecule has 4 nitrogen and oxygen atoms in total. The molecule has 3 rings (SSSR count). The molecule has 1 aliphatic heterocycles. The zero-order valence-corrected chi connectivity index (χ0v) is 10.8. The van der Waals surface area contributed by atoms with E-state index < -0.39 is 0 Å². The van der Waals surface area contributed by atoms with Gasteiger partial charge < -0.3 is 4.90 Å². The molecule has 0 radical (unpaired) electrons. The molecule has 0 saturated heterocycles. The van der Waals surface area contributed by atoms with Crippen LogP contribution in [0.3, 0.4) is 0 Å². The van der Waals surface area contributed by atoms with Crippen LogP contribution in [0.25, 0.3) is 0 Å². The predicted molar refractivity (Wildman–Crippen MR) is 72.7 cm³/mol.